The van der Waals surface area contributed by atoms with Crippen LogP contribution >= 0.6 is 0 Å². The van der Waals surface area contributed by atoms with Gasteiger partial charge in [0.2, 0.25) is 0 Å². The SMILES string of the molecule is C=CCCCCCCOc1ccc(C(C)=O)cc1C. The van der Waals surface area contributed by atoms with Gasteiger partial charge in [0.05, 0.1) is 6.61 Å². The maximum Gasteiger partial charge on any atom is 0.159 e. The minimum absolute atomic E-state index is 0.0943. The molecule has 0 aliphatic heterocycles. The molecule has 0 amide bonds. The second-order valence-corrected chi connectivity index (χ2v) is 4.88. The van der Waals surface area contributed by atoms with Crippen molar-refractivity contribution in [3.05, 3.63) is 42.0 Å². The summed E-state index contributed by atoms with van der Waals surface area (Å²) in [5, 5.41) is 0. The molecule has 1 aromatic rings. The highest BCUT2D eigenvalue weighted by Crippen LogP contribution is 2.20. The first kappa shape index (κ1) is 15.5. The number of ketones is 1. The Morgan fingerprint density at radius 2 is 2.00 bits per heavy atom. The fourth-order valence-corrected chi connectivity index (χ4v) is 1.96. The molecule has 0 saturated carbocycles. The Bertz CT molecular complexity index is 421. The van der Waals surface area contributed by atoms with Gasteiger partial charge in [-0.2, -0.15) is 0 Å². The Balaban J connectivity index is 2.29. The highest BCUT2D eigenvalue weighted by atomic mass is 16.5. The number of benzene rings is 1. The molecule has 0 radical (unpaired) electrons. The minimum Gasteiger partial charge on any atom is -0.493 e. The molecule has 0 atom stereocenters. The van der Waals surface area contributed by atoms with Gasteiger partial charge in [0.1, 0.15) is 5.75 Å². The van der Waals surface area contributed by atoms with Gasteiger partial charge in [-0.3, -0.25) is 4.79 Å². The van der Waals surface area contributed by atoms with Crippen molar-refractivity contribution >= 4 is 5.78 Å². The number of ether oxygens (including phenoxy) is 1. The molecular weight excluding hydrogens is 236 g/mol. The lowest BCUT2D eigenvalue weighted by Gasteiger charge is -2.09. The lowest BCUT2D eigenvalue weighted by Crippen LogP contribution is -2.00. The summed E-state index contributed by atoms with van der Waals surface area (Å²) >= 11 is 0. The molecule has 0 unspecified atom stereocenters. The third-order valence-electron chi connectivity index (χ3n) is 3.14. The first-order valence-electron chi connectivity index (χ1n) is 7.00. The molecule has 0 aliphatic rings. The van der Waals surface area contributed by atoms with Crippen molar-refractivity contribution in [2.24, 2.45) is 0 Å². The second kappa shape index (κ2) is 8.52. The van der Waals surface area contributed by atoms with Gasteiger partial charge in [-0.15, -0.1) is 6.58 Å². The first-order chi connectivity index (χ1) is 9.15. The summed E-state index contributed by atoms with van der Waals surface area (Å²) in [4.78, 5) is 11.2. The van der Waals surface area contributed by atoms with Gasteiger partial charge in [0.15, 0.2) is 5.78 Å². The monoisotopic (exact) mass is 260 g/mol. The summed E-state index contributed by atoms with van der Waals surface area (Å²) in [5.74, 6) is 0.980. The van der Waals surface area contributed by atoms with Crippen molar-refractivity contribution in [3.8, 4) is 5.75 Å². The van der Waals surface area contributed by atoms with Crippen molar-refractivity contribution in [3.63, 3.8) is 0 Å². The van der Waals surface area contributed by atoms with Crippen LogP contribution in [0.4, 0.5) is 0 Å². The largest absolute Gasteiger partial charge is 0.493 e. The van der Waals surface area contributed by atoms with Crippen LogP contribution in [0.25, 0.3) is 0 Å². The van der Waals surface area contributed by atoms with Crippen LogP contribution in [0.2, 0.25) is 0 Å². The zero-order valence-corrected chi connectivity index (χ0v) is 12.1. The van der Waals surface area contributed by atoms with E-state index in [1.54, 1.807) is 6.92 Å². The molecule has 0 saturated heterocycles. The highest BCUT2D eigenvalue weighted by Gasteiger charge is 2.04. The van der Waals surface area contributed by atoms with E-state index in [2.05, 4.69) is 6.58 Å². The number of allylic oxidation sites excluding steroid dienone is 1. The lowest BCUT2D eigenvalue weighted by atomic mass is 10.1. The molecule has 104 valence electrons. The molecule has 0 aliphatic carbocycles. The molecule has 0 aromatic heterocycles. The van der Waals surface area contributed by atoms with E-state index in [0.29, 0.717) is 0 Å². The normalized spacial score (nSPS) is 10.2. The van der Waals surface area contributed by atoms with Gasteiger partial charge in [-0.1, -0.05) is 18.9 Å². The zero-order valence-electron chi connectivity index (χ0n) is 12.1. The Morgan fingerprint density at radius 3 is 2.63 bits per heavy atom. The van der Waals surface area contributed by atoms with E-state index in [1.807, 2.05) is 31.2 Å². The van der Waals surface area contributed by atoms with Gasteiger partial charge in [-0.25, -0.2) is 0 Å². The summed E-state index contributed by atoms with van der Waals surface area (Å²) in [6.45, 7) is 8.02. The van der Waals surface area contributed by atoms with Crippen LogP contribution in [0.15, 0.2) is 30.9 Å². The standard InChI is InChI=1S/C17H24O2/c1-4-5-6-7-8-9-12-19-17-11-10-16(15(3)18)13-14(17)2/h4,10-11,13H,1,5-9,12H2,2-3H3. The second-order valence-electron chi connectivity index (χ2n) is 4.88. The summed E-state index contributed by atoms with van der Waals surface area (Å²) in [7, 11) is 0. The first-order valence-corrected chi connectivity index (χ1v) is 7.00. The number of Topliss-reactive ketones (excluding diaryl/α,β-unsaturated/α-hetero) is 1. The highest BCUT2D eigenvalue weighted by molar-refractivity contribution is 5.94. The van der Waals surface area contributed by atoms with Crippen LogP contribution in [-0.4, -0.2) is 12.4 Å². The number of hydrogen-bond donors (Lipinski definition) is 0. The Labute approximate surface area is 116 Å². The molecule has 0 N–H and O–H groups in total. The average Bonchev–Trinajstić information content (AvgIpc) is 2.39. The summed E-state index contributed by atoms with van der Waals surface area (Å²) in [6, 6.07) is 5.61. The van der Waals surface area contributed by atoms with Crippen LogP contribution in [0, 0.1) is 6.92 Å². The summed E-state index contributed by atoms with van der Waals surface area (Å²) in [5.41, 5.74) is 1.77. The van der Waals surface area contributed by atoms with Crippen LogP contribution in [0.5, 0.6) is 5.75 Å². The number of unbranched alkanes of at least 4 members (excludes halogenated alkanes) is 4. The molecule has 0 bridgehead atoms. The summed E-state index contributed by atoms with van der Waals surface area (Å²) in [6.07, 6.45) is 7.79. The van der Waals surface area contributed by atoms with Crippen LogP contribution in [0.3, 0.4) is 0 Å². The number of hydrogen-bond acceptors (Lipinski definition) is 2. The average molecular weight is 260 g/mol. The number of carbonyl (C=O) groups excluding carboxylic acids is 1. The van der Waals surface area contributed by atoms with Gasteiger partial charge < -0.3 is 4.74 Å². The zero-order chi connectivity index (χ0) is 14.1. The maximum atomic E-state index is 11.2. The van der Waals surface area contributed by atoms with E-state index >= 15 is 0 Å². The molecule has 0 fully saturated rings. The fraction of sp³-hybridized carbons (Fsp3) is 0.471. The van der Waals surface area contributed by atoms with Gasteiger partial charge >= 0.3 is 0 Å². The van der Waals surface area contributed by atoms with E-state index in [-0.39, 0.29) is 5.78 Å². The summed E-state index contributed by atoms with van der Waals surface area (Å²) < 4.78 is 5.75. The molecule has 19 heavy (non-hydrogen) atoms. The Hall–Kier alpha value is -1.57. The Kier molecular flexibility index (Phi) is 6.94. The van der Waals surface area contributed by atoms with E-state index in [0.717, 1.165) is 36.3 Å². The van der Waals surface area contributed by atoms with Gasteiger partial charge in [0.25, 0.3) is 0 Å². The molecule has 0 heterocycles. The van der Waals surface area contributed by atoms with E-state index < -0.39 is 0 Å². The van der Waals surface area contributed by atoms with E-state index in [4.69, 9.17) is 4.74 Å². The molecular formula is C17H24O2. The van der Waals surface area contributed by atoms with Crippen LogP contribution in [-0.2, 0) is 0 Å². The van der Waals surface area contributed by atoms with Crippen molar-refractivity contribution < 1.29 is 9.53 Å². The predicted octanol–water partition coefficient (Wildman–Crippen LogP) is 4.71. The van der Waals surface area contributed by atoms with E-state index in [9.17, 15) is 4.79 Å². The number of carbonyl (C=O) groups is 1. The molecule has 2 heteroatoms. The third-order valence-corrected chi connectivity index (χ3v) is 3.14. The quantitative estimate of drug-likeness (QED) is 0.365. The van der Waals surface area contributed by atoms with Crippen molar-refractivity contribution in [2.75, 3.05) is 6.61 Å². The third kappa shape index (κ3) is 5.73. The molecule has 1 aromatic carbocycles. The van der Waals surface area contributed by atoms with Crippen LogP contribution in [0.1, 0.15) is 54.9 Å². The topological polar surface area (TPSA) is 26.3 Å². The van der Waals surface area contributed by atoms with E-state index in [1.165, 1.54) is 19.3 Å². The predicted molar refractivity (Wildman–Crippen MR) is 80.0 cm³/mol. The molecule has 0 spiro atoms. The van der Waals surface area contributed by atoms with Crippen molar-refractivity contribution in [1.29, 1.82) is 0 Å². The Morgan fingerprint density at radius 1 is 1.26 bits per heavy atom. The fourth-order valence-electron chi connectivity index (χ4n) is 1.96. The van der Waals surface area contributed by atoms with Crippen molar-refractivity contribution in [1.82, 2.24) is 0 Å². The number of aryl methyl sites for hydroxylation is 1. The molecule has 2 nitrogen and oxygen atoms in total. The lowest BCUT2D eigenvalue weighted by molar-refractivity contribution is 0.101. The number of rotatable bonds is 9. The van der Waals surface area contributed by atoms with Crippen LogP contribution < -0.4 is 4.74 Å². The molecule has 1 rings (SSSR count). The van der Waals surface area contributed by atoms with Gasteiger partial charge in [-0.05, 0) is 56.9 Å². The van der Waals surface area contributed by atoms with Gasteiger partial charge in [0, 0.05) is 5.56 Å². The van der Waals surface area contributed by atoms with Crippen molar-refractivity contribution in [2.45, 2.75) is 46.0 Å². The smallest absolute Gasteiger partial charge is 0.159 e. The minimum atomic E-state index is 0.0943. The maximum absolute atomic E-state index is 11.2.